The van der Waals surface area contributed by atoms with Crippen LogP contribution in [0.15, 0.2) is 12.4 Å². The quantitative estimate of drug-likeness (QED) is 0.908. The lowest BCUT2D eigenvalue weighted by Gasteiger charge is -2.27. The Hall–Kier alpha value is -2.42. The van der Waals surface area contributed by atoms with Gasteiger partial charge >= 0.3 is 0 Å². The minimum absolute atomic E-state index is 0.157. The first kappa shape index (κ1) is 14.2. The Morgan fingerprint density at radius 2 is 2.22 bits per heavy atom. The van der Waals surface area contributed by atoms with E-state index in [-0.39, 0.29) is 11.4 Å². The molecule has 2 aliphatic rings. The molecule has 0 bridgehead atoms. The van der Waals surface area contributed by atoms with Crippen molar-refractivity contribution in [2.75, 3.05) is 0 Å². The fraction of sp³-hybridized carbons (Fsp3) is 0.529. The number of aromatic nitrogens is 3. The maximum absolute atomic E-state index is 12.7. The summed E-state index contributed by atoms with van der Waals surface area (Å²) in [6, 6.07) is 2.22. The number of H-pyrrole nitrogens is 1. The first-order valence-corrected chi connectivity index (χ1v) is 8.24. The van der Waals surface area contributed by atoms with Crippen LogP contribution in [0.5, 0.6) is 0 Å². The number of nitrogens with one attached hydrogen (secondary N) is 2. The summed E-state index contributed by atoms with van der Waals surface area (Å²) in [5, 5.41) is 12.2. The minimum atomic E-state index is -0.378. The third-order valence-electron chi connectivity index (χ3n) is 5.00. The number of hydrogen-bond acceptors (Lipinski definition) is 4. The molecular formula is C17H19N5O. The summed E-state index contributed by atoms with van der Waals surface area (Å²) in [7, 11) is 0. The molecule has 4 rings (SSSR count). The van der Waals surface area contributed by atoms with Gasteiger partial charge in [0.15, 0.2) is 5.65 Å². The lowest BCUT2D eigenvalue weighted by atomic mass is 9.93. The summed E-state index contributed by atoms with van der Waals surface area (Å²) in [5.41, 5.74) is 2.40. The lowest BCUT2D eigenvalue weighted by Crippen LogP contribution is -2.46. The van der Waals surface area contributed by atoms with Crippen molar-refractivity contribution in [3.8, 4) is 6.07 Å². The fourth-order valence-electron chi connectivity index (χ4n) is 3.51. The van der Waals surface area contributed by atoms with Crippen LogP contribution in [0.3, 0.4) is 0 Å². The highest BCUT2D eigenvalue weighted by molar-refractivity contribution is 6.04. The number of aromatic amines is 1. The van der Waals surface area contributed by atoms with E-state index in [1.54, 1.807) is 12.4 Å². The highest BCUT2D eigenvalue weighted by Gasteiger charge is 2.36. The molecule has 6 nitrogen and oxygen atoms in total. The fourth-order valence-corrected chi connectivity index (χ4v) is 3.51. The maximum atomic E-state index is 12.7. The van der Waals surface area contributed by atoms with Crippen molar-refractivity contribution in [2.45, 2.75) is 56.4 Å². The lowest BCUT2D eigenvalue weighted by molar-refractivity contribution is 0.0903. The molecule has 0 aromatic carbocycles. The number of hydrogen-bond donors (Lipinski definition) is 2. The zero-order valence-electron chi connectivity index (χ0n) is 12.9. The molecule has 0 spiro atoms. The molecule has 2 heterocycles. The van der Waals surface area contributed by atoms with Gasteiger partial charge in [-0.25, -0.2) is 9.97 Å². The molecule has 1 amide bonds. The van der Waals surface area contributed by atoms with E-state index < -0.39 is 0 Å². The van der Waals surface area contributed by atoms with E-state index >= 15 is 0 Å². The molecule has 2 aliphatic carbocycles. The Morgan fingerprint density at radius 1 is 1.43 bits per heavy atom. The van der Waals surface area contributed by atoms with Crippen molar-refractivity contribution in [2.24, 2.45) is 0 Å². The van der Waals surface area contributed by atoms with Crippen molar-refractivity contribution < 1.29 is 4.79 Å². The molecule has 0 saturated heterocycles. The van der Waals surface area contributed by atoms with Gasteiger partial charge in [0.1, 0.15) is 5.52 Å². The highest BCUT2D eigenvalue weighted by atomic mass is 16.1. The van der Waals surface area contributed by atoms with Gasteiger partial charge in [0.25, 0.3) is 5.91 Å². The zero-order chi connectivity index (χ0) is 15.9. The summed E-state index contributed by atoms with van der Waals surface area (Å²) in [6.45, 7) is 0. The second-order valence-corrected chi connectivity index (χ2v) is 6.75. The first-order valence-electron chi connectivity index (χ1n) is 8.24. The largest absolute Gasteiger partial charge is 0.345 e. The number of carbonyl (C=O) groups is 1. The molecule has 0 radical (unpaired) electrons. The third kappa shape index (κ3) is 2.56. The van der Waals surface area contributed by atoms with E-state index in [1.807, 2.05) is 0 Å². The molecule has 23 heavy (non-hydrogen) atoms. The van der Waals surface area contributed by atoms with Gasteiger partial charge in [0.05, 0.1) is 35.5 Å². The minimum Gasteiger partial charge on any atom is -0.345 e. The SMILES string of the molecule is N#CCC1(NC(=O)c2c[nH]c3ncc(C4CC4)nc23)CCCC1. The van der Waals surface area contributed by atoms with Gasteiger partial charge in [-0.2, -0.15) is 5.26 Å². The van der Waals surface area contributed by atoms with Crippen molar-refractivity contribution in [1.82, 2.24) is 20.3 Å². The van der Waals surface area contributed by atoms with Crippen LogP contribution in [-0.4, -0.2) is 26.4 Å². The van der Waals surface area contributed by atoms with Crippen LogP contribution in [0.25, 0.3) is 11.2 Å². The van der Waals surface area contributed by atoms with E-state index in [1.165, 1.54) is 0 Å². The average Bonchev–Trinajstić information content (AvgIpc) is 3.15. The normalized spacial score (nSPS) is 19.6. The summed E-state index contributed by atoms with van der Waals surface area (Å²) < 4.78 is 0. The van der Waals surface area contributed by atoms with Gasteiger partial charge in [-0.1, -0.05) is 12.8 Å². The van der Waals surface area contributed by atoms with Gasteiger partial charge in [-0.15, -0.1) is 0 Å². The Labute approximate surface area is 134 Å². The van der Waals surface area contributed by atoms with E-state index in [9.17, 15) is 4.79 Å². The topological polar surface area (TPSA) is 94.5 Å². The Balaban J connectivity index is 1.64. The smallest absolute Gasteiger partial charge is 0.255 e. The molecular weight excluding hydrogens is 290 g/mol. The van der Waals surface area contributed by atoms with E-state index in [2.05, 4.69) is 26.3 Å². The van der Waals surface area contributed by atoms with Crippen LogP contribution in [0, 0.1) is 11.3 Å². The molecule has 6 heteroatoms. The van der Waals surface area contributed by atoms with Crippen molar-refractivity contribution in [3.63, 3.8) is 0 Å². The highest BCUT2D eigenvalue weighted by Crippen LogP contribution is 2.39. The molecule has 2 saturated carbocycles. The Bertz CT molecular complexity index is 793. The number of carbonyl (C=O) groups excluding carboxylic acids is 1. The van der Waals surface area contributed by atoms with E-state index in [4.69, 9.17) is 5.26 Å². The molecule has 0 aliphatic heterocycles. The summed E-state index contributed by atoms with van der Waals surface area (Å²) in [5.74, 6) is 0.341. The maximum Gasteiger partial charge on any atom is 0.255 e. The molecule has 2 N–H and O–H groups in total. The van der Waals surface area contributed by atoms with Gasteiger partial charge in [-0.05, 0) is 25.7 Å². The molecule has 2 aromatic rings. The standard InChI is InChI=1S/C17H19N5O/c18-8-7-17(5-1-2-6-17)22-16(23)12-9-19-15-14(12)21-13(10-20-15)11-3-4-11/h9-11H,1-7H2,(H,19,20)(H,22,23). The molecule has 118 valence electrons. The van der Waals surface area contributed by atoms with Gasteiger partial charge in [0.2, 0.25) is 0 Å². The van der Waals surface area contributed by atoms with Crippen molar-refractivity contribution in [3.05, 3.63) is 23.7 Å². The van der Waals surface area contributed by atoms with Gasteiger partial charge in [-0.3, -0.25) is 4.79 Å². The van der Waals surface area contributed by atoms with Gasteiger partial charge < -0.3 is 10.3 Å². The van der Waals surface area contributed by atoms with Crippen LogP contribution >= 0.6 is 0 Å². The van der Waals surface area contributed by atoms with Crippen LogP contribution in [0.1, 0.15) is 66.9 Å². The Morgan fingerprint density at radius 3 is 2.91 bits per heavy atom. The number of rotatable bonds is 4. The van der Waals surface area contributed by atoms with Crippen molar-refractivity contribution in [1.29, 1.82) is 5.26 Å². The molecule has 0 atom stereocenters. The predicted octanol–water partition coefficient (Wildman–Crippen LogP) is 2.79. The van der Waals surface area contributed by atoms with Crippen LogP contribution in [0.4, 0.5) is 0 Å². The second kappa shape index (κ2) is 5.34. The number of fused-ring (bicyclic) bond motifs is 1. The van der Waals surface area contributed by atoms with Crippen molar-refractivity contribution >= 4 is 17.1 Å². The predicted molar refractivity (Wildman–Crippen MR) is 84.8 cm³/mol. The second-order valence-electron chi connectivity index (χ2n) is 6.75. The molecule has 0 unspecified atom stereocenters. The first-order chi connectivity index (χ1) is 11.2. The average molecular weight is 309 g/mol. The molecule has 2 fully saturated rings. The summed E-state index contributed by atoms with van der Waals surface area (Å²) in [4.78, 5) is 24.8. The van der Waals surface area contributed by atoms with Gasteiger partial charge in [0, 0.05) is 12.1 Å². The van der Waals surface area contributed by atoms with E-state index in [0.717, 1.165) is 44.2 Å². The molecule has 2 aromatic heterocycles. The van der Waals surface area contributed by atoms with Crippen LogP contribution in [-0.2, 0) is 0 Å². The number of amides is 1. The third-order valence-corrected chi connectivity index (χ3v) is 5.00. The Kier molecular flexibility index (Phi) is 3.29. The monoisotopic (exact) mass is 309 g/mol. The summed E-state index contributed by atoms with van der Waals surface area (Å²) >= 11 is 0. The van der Waals surface area contributed by atoms with Crippen LogP contribution < -0.4 is 5.32 Å². The number of nitrogens with zero attached hydrogens (tertiary/aromatic N) is 3. The summed E-state index contributed by atoms with van der Waals surface area (Å²) in [6.07, 6.45) is 9.98. The number of nitriles is 1. The van der Waals surface area contributed by atoms with E-state index in [0.29, 0.717) is 29.1 Å². The van der Waals surface area contributed by atoms with Crippen LogP contribution in [0.2, 0.25) is 0 Å². The zero-order valence-corrected chi connectivity index (χ0v) is 12.9.